The first-order valence-corrected chi connectivity index (χ1v) is 13.4. The second-order valence-corrected chi connectivity index (χ2v) is 11.4. The zero-order chi connectivity index (χ0) is 27.8. The van der Waals surface area contributed by atoms with Crippen molar-refractivity contribution in [3.05, 3.63) is 54.4 Å². The number of ether oxygens (including phenoxy) is 1. The predicted molar refractivity (Wildman–Crippen MR) is 128 cm³/mol. The molecule has 2 fully saturated rings. The average Bonchev–Trinajstić information content (AvgIpc) is 3.56. The summed E-state index contributed by atoms with van der Waals surface area (Å²) < 4.78 is 72.3. The topological polar surface area (TPSA) is 102 Å². The van der Waals surface area contributed by atoms with Gasteiger partial charge in [0.2, 0.25) is 0 Å². The van der Waals surface area contributed by atoms with Gasteiger partial charge in [0.05, 0.1) is 19.3 Å². The van der Waals surface area contributed by atoms with Crippen molar-refractivity contribution in [3.63, 3.8) is 0 Å². The summed E-state index contributed by atoms with van der Waals surface area (Å²) in [5.41, 5.74) is 0.0213. The van der Waals surface area contributed by atoms with Gasteiger partial charge in [0.15, 0.2) is 6.19 Å². The molecule has 0 saturated carbocycles. The van der Waals surface area contributed by atoms with Crippen molar-refractivity contribution in [3.8, 4) is 6.19 Å². The highest BCUT2D eigenvalue weighted by Gasteiger charge is 2.65. The molecule has 1 aromatic carbocycles. The molecule has 3 heterocycles. The second-order valence-electron chi connectivity index (χ2n) is 8.98. The number of nitrogens with zero attached hydrogens (tertiary/aromatic N) is 5. The largest absolute Gasteiger partial charge is 0.379 e. The van der Waals surface area contributed by atoms with Crippen LogP contribution in [0.4, 0.5) is 25.1 Å². The molecular weight excluding hydrogens is 535 g/mol. The van der Waals surface area contributed by atoms with E-state index in [-0.39, 0.29) is 43.0 Å². The fourth-order valence-corrected chi connectivity index (χ4v) is 5.20. The van der Waals surface area contributed by atoms with Crippen LogP contribution in [-0.4, -0.2) is 72.2 Å². The van der Waals surface area contributed by atoms with Crippen LogP contribution in [0.1, 0.15) is 18.0 Å². The number of amides is 2. The summed E-state index contributed by atoms with van der Waals surface area (Å²) >= 11 is 0. The quantitative estimate of drug-likeness (QED) is 0.406. The van der Waals surface area contributed by atoms with E-state index in [1.54, 1.807) is 0 Å². The number of carbonyl (C=O) groups is 2. The lowest BCUT2D eigenvalue weighted by Gasteiger charge is -2.41. The Morgan fingerprint density at radius 1 is 1.21 bits per heavy atom. The zero-order valence-electron chi connectivity index (χ0n) is 20.1. The monoisotopic (exact) mass is 560 g/mol. The number of nitriles is 1. The van der Waals surface area contributed by atoms with E-state index < -0.39 is 45.1 Å². The first-order chi connectivity index (χ1) is 17.7. The average molecular weight is 561 g/mol. The number of likely N-dealkylation sites (tertiary alicyclic amines) is 1. The molecule has 4 rings (SSSR count). The fraction of sp³-hybridized carbons (Fsp3) is 0.391. The first-order valence-electron chi connectivity index (χ1n) is 11.5. The molecule has 38 heavy (non-hydrogen) atoms. The van der Waals surface area contributed by atoms with Gasteiger partial charge in [-0.2, -0.15) is 5.26 Å². The molecule has 0 aliphatic carbocycles. The molecule has 2 aliphatic rings. The van der Waals surface area contributed by atoms with Gasteiger partial charge in [-0.3, -0.25) is 29.7 Å². The van der Waals surface area contributed by atoms with Gasteiger partial charge < -0.3 is 9.64 Å². The molecule has 1 aromatic heterocycles. The Bertz CT molecular complexity index is 1240. The maximum atomic E-state index is 14.0. The molecule has 0 bridgehead atoms. The van der Waals surface area contributed by atoms with Gasteiger partial charge in [0.1, 0.15) is 17.0 Å². The van der Waals surface area contributed by atoms with Gasteiger partial charge in [-0.15, -0.1) is 0 Å². The molecule has 2 saturated heterocycles. The molecule has 0 radical (unpaired) electrons. The zero-order valence-corrected chi connectivity index (χ0v) is 21.0. The number of hydrogen-bond acceptors (Lipinski definition) is 7. The minimum Gasteiger partial charge on any atom is -0.379 e. The SMILES string of the molecule is CO[C@@H]1C[C@H](C(=O)N(c2ccc(S(F)(F)(F)(F)F)cc2)C(C(=O)N2CCNC2)c2cccnc2)N(C#N)C1. The van der Waals surface area contributed by atoms with Crippen LogP contribution in [0.5, 0.6) is 0 Å². The van der Waals surface area contributed by atoms with E-state index in [1.165, 1.54) is 36.5 Å². The van der Waals surface area contributed by atoms with Crippen molar-refractivity contribution < 1.29 is 33.8 Å². The van der Waals surface area contributed by atoms with Crippen molar-refractivity contribution >= 4 is 27.7 Å². The number of methoxy groups -OCH3 is 1. The second kappa shape index (κ2) is 9.37. The van der Waals surface area contributed by atoms with Gasteiger partial charge >= 0.3 is 10.2 Å². The molecule has 0 spiro atoms. The van der Waals surface area contributed by atoms with E-state index >= 15 is 0 Å². The maximum absolute atomic E-state index is 14.0. The highest BCUT2D eigenvalue weighted by molar-refractivity contribution is 8.45. The molecular formula is C23H25F5N6O3S. The summed E-state index contributed by atoms with van der Waals surface area (Å²) in [6.07, 6.45) is 4.27. The van der Waals surface area contributed by atoms with Crippen LogP contribution in [0.2, 0.25) is 0 Å². The number of aromatic nitrogens is 1. The highest BCUT2D eigenvalue weighted by atomic mass is 32.5. The Kier molecular flexibility index (Phi) is 6.79. The molecule has 1 N–H and O–H groups in total. The Hall–Kier alpha value is -3.48. The van der Waals surface area contributed by atoms with Gasteiger partial charge in [-0.25, -0.2) is 0 Å². The Balaban J connectivity index is 1.86. The number of anilines is 1. The van der Waals surface area contributed by atoms with Gasteiger partial charge in [0.25, 0.3) is 11.8 Å². The van der Waals surface area contributed by atoms with Crippen LogP contribution in [0.25, 0.3) is 0 Å². The number of nitrogens with one attached hydrogen (secondary N) is 1. The summed E-state index contributed by atoms with van der Waals surface area (Å²) in [7, 11) is -8.59. The van der Waals surface area contributed by atoms with Crippen LogP contribution < -0.4 is 10.2 Å². The predicted octanol–water partition coefficient (Wildman–Crippen LogP) is 3.77. The van der Waals surface area contributed by atoms with E-state index in [9.17, 15) is 34.3 Å². The molecule has 206 valence electrons. The van der Waals surface area contributed by atoms with Gasteiger partial charge in [-0.1, -0.05) is 25.5 Å². The van der Waals surface area contributed by atoms with Gasteiger partial charge in [-0.05, 0) is 30.3 Å². The van der Waals surface area contributed by atoms with Crippen LogP contribution in [0.15, 0.2) is 53.7 Å². The van der Waals surface area contributed by atoms with E-state index in [0.29, 0.717) is 13.1 Å². The highest BCUT2D eigenvalue weighted by Crippen LogP contribution is 3.02. The fourth-order valence-electron chi connectivity index (χ4n) is 4.55. The number of halogens is 5. The normalized spacial score (nSPS) is 22.3. The van der Waals surface area contributed by atoms with Crippen molar-refractivity contribution in [1.82, 2.24) is 20.1 Å². The van der Waals surface area contributed by atoms with E-state index in [4.69, 9.17) is 4.74 Å². The lowest BCUT2D eigenvalue weighted by Crippen LogP contribution is -2.50. The minimum atomic E-state index is -9.99. The van der Waals surface area contributed by atoms with Crippen LogP contribution in [0.3, 0.4) is 0 Å². The minimum absolute atomic E-state index is 0.0716. The molecule has 9 nitrogen and oxygen atoms in total. The Labute approximate surface area is 215 Å². The van der Waals surface area contributed by atoms with Crippen LogP contribution >= 0.6 is 10.2 Å². The summed E-state index contributed by atoms with van der Waals surface area (Å²) in [5, 5.41) is 12.6. The third kappa shape index (κ3) is 5.66. The van der Waals surface area contributed by atoms with Crippen molar-refractivity contribution in [2.75, 3.05) is 38.3 Å². The maximum Gasteiger partial charge on any atom is 0.310 e. The lowest BCUT2D eigenvalue weighted by molar-refractivity contribution is -0.134. The van der Waals surface area contributed by atoms with Crippen molar-refractivity contribution in [2.45, 2.75) is 29.5 Å². The summed E-state index contributed by atoms with van der Waals surface area (Å²) in [5.74, 6) is -1.33. The Morgan fingerprint density at radius 2 is 1.92 bits per heavy atom. The van der Waals surface area contributed by atoms with Crippen molar-refractivity contribution in [1.29, 1.82) is 5.26 Å². The Morgan fingerprint density at radius 3 is 2.45 bits per heavy atom. The molecule has 15 heteroatoms. The number of carbonyl (C=O) groups excluding carboxylic acids is 2. The summed E-state index contributed by atoms with van der Waals surface area (Å²) in [6, 6.07) is 2.37. The van der Waals surface area contributed by atoms with Gasteiger partial charge in [0, 0.05) is 50.3 Å². The molecule has 1 unspecified atom stereocenters. The number of rotatable bonds is 7. The standard InChI is InChI=1S/C23H25F5N6O3S/c1-37-18-11-20(33(13-18)14-29)22(35)34(17-4-6-19(7-5-17)38(24,25,26,27)28)21(16-3-2-8-30-12-16)23(36)32-10-9-31-15-32/h2-8,12,18,20-21,31H,9-11,13,15H2,1H3/t18-,20-,21?/m1/s1. The summed E-state index contributed by atoms with van der Waals surface area (Å²) in [4.78, 5) is 33.2. The number of hydrogen-bond donors (Lipinski definition) is 1. The van der Waals surface area contributed by atoms with E-state index in [2.05, 4.69) is 10.3 Å². The third-order valence-electron chi connectivity index (χ3n) is 6.47. The van der Waals surface area contributed by atoms with Crippen molar-refractivity contribution in [2.24, 2.45) is 0 Å². The first kappa shape index (κ1) is 27.6. The van der Waals surface area contributed by atoms with Crippen LogP contribution in [-0.2, 0) is 14.3 Å². The smallest absolute Gasteiger partial charge is 0.310 e. The van der Waals surface area contributed by atoms with E-state index in [0.717, 1.165) is 21.9 Å². The lowest BCUT2D eigenvalue weighted by atomic mass is 10.0. The summed E-state index contributed by atoms with van der Waals surface area (Å²) in [6.45, 7) is 1.04. The third-order valence-corrected chi connectivity index (χ3v) is 7.64. The number of benzene rings is 1. The molecule has 2 aliphatic heterocycles. The molecule has 2 amide bonds. The van der Waals surface area contributed by atoms with E-state index in [1.807, 2.05) is 6.19 Å². The molecule has 3 atom stereocenters. The molecule has 2 aromatic rings. The number of pyridine rings is 1. The van der Waals surface area contributed by atoms with Crippen LogP contribution in [0, 0.1) is 11.5 Å².